The van der Waals surface area contributed by atoms with Crippen LogP contribution in [0.25, 0.3) is 0 Å². The molecule has 0 aromatic heterocycles. The number of anilines is 2. The highest BCUT2D eigenvalue weighted by Crippen LogP contribution is 2.41. The van der Waals surface area contributed by atoms with Crippen molar-refractivity contribution in [3.8, 4) is 0 Å². The van der Waals surface area contributed by atoms with Gasteiger partial charge in [0, 0.05) is 56.9 Å². The van der Waals surface area contributed by atoms with E-state index in [1.54, 1.807) is 66.7 Å². The molecule has 3 saturated heterocycles. The van der Waals surface area contributed by atoms with E-state index < -0.39 is 96.0 Å². The highest BCUT2D eigenvalue weighted by atomic mass is 35.5. The highest BCUT2D eigenvalue weighted by molar-refractivity contribution is 6.39. The number of aliphatic hydroxyl groups excluding tert-OH is 3. The number of likely N-dealkylation sites (N-methyl/N-ethyl adjacent to an activating group) is 1. The van der Waals surface area contributed by atoms with Crippen LogP contribution in [0.5, 0.6) is 0 Å². The second kappa shape index (κ2) is 26.1. The third kappa shape index (κ3) is 15.1. The first-order valence-corrected chi connectivity index (χ1v) is 26.7. The number of aliphatic hydroxyl groups is 5. The van der Waals surface area contributed by atoms with E-state index in [9.17, 15) is 35.1 Å². The van der Waals surface area contributed by atoms with E-state index >= 15 is 0 Å². The summed E-state index contributed by atoms with van der Waals surface area (Å²) in [7, 11) is 5.24. The van der Waals surface area contributed by atoms with E-state index in [2.05, 4.69) is 10.6 Å². The van der Waals surface area contributed by atoms with Gasteiger partial charge in [-0.2, -0.15) is 0 Å². The standard InChI is InChI=1S/C54H86Cl2N4O13/c1-14-41-54(10,67)47(63)34(6)60(24-18-23-57-42(61)26-36-19-15-16-22-39(36)58-44-37(55)20-17-21-38(44)56)29-30(2)27-52(8,66)49(73-51-45(62)40(59(11)12)25-31(3)69-51)32(4)46(33(5)50(65)71-41)72-43-28-53(9,68-13)48(64)35(7)70-43/h15-17,19-22,30-35,40-41,43,45-49,51,58,62-64,66-67H,14,18,23-29H2,1-13H3,(H,57,61)/t30-,31-,32+,33-,34-,35+,40+,41-,43+,45-,46+,47-,48+,49-,51+,52-,53-,54-/m1/s1. The molecule has 0 unspecified atom stereocenters. The molecule has 5 rings (SSSR count). The van der Waals surface area contributed by atoms with Gasteiger partial charge in [0.25, 0.3) is 0 Å². The van der Waals surface area contributed by atoms with E-state index in [-0.39, 0.29) is 56.2 Å². The molecule has 3 aliphatic rings. The van der Waals surface area contributed by atoms with Crippen LogP contribution in [-0.2, 0) is 44.4 Å². The van der Waals surface area contributed by atoms with Crippen LogP contribution < -0.4 is 10.6 Å². The molecule has 18 atom stereocenters. The lowest BCUT2D eigenvalue weighted by atomic mass is 9.77. The minimum Gasteiger partial charge on any atom is -0.459 e. The fraction of sp³-hybridized carbons (Fsp3) is 0.741. The molecule has 73 heavy (non-hydrogen) atoms. The van der Waals surface area contributed by atoms with Crippen LogP contribution in [0.3, 0.4) is 0 Å². The van der Waals surface area contributed by atoms with Gasteiger partial charge in [0.15, 0.2) is 12.6 Å². The lowest BCUT2D eigenvalue weighted by Crippen LogP contribution is -2.60. The minimum absolute atomic E-state index is 0.0719. The van der Waals surface area contributed by atoms with Gasteiger partial charge in [-0.15, -0.1) is 0 Å². The fourth-order valence-electron chi connectivity index (χ4n) is 11.2. The third-order valence-electron chi connectivity index (χ3n) is 15.6. The first-order chi connectivity index (χ1) is 34.1. The van der Waals surface area contributed by atoms with E-state index in [1.165, 1.54) is 14.0 Å². The lowest BCUT2D eigenvalue weighted by Gasteiger charge is -2.48. The SMILES string of the molecule is CC[C@H]1OC(=O)[C@H](C)[C@@H](O[C@H]2C[C@@](C)(OC)[C@@H](O)[C@H](C)O2)[C@H](C)[C@@H](O[C@@H]2O[C@H](C)C[C@H](N(C)C)[C@H]2O)[C@](C)(O)C[C@@H](C)CN(CCCNC(=O)Cc2ccccc2Nc2c(Cl)cccc2Cl)[C@H](C)[C@@H](O)[C@]1(C)O. The Bertz CT molecular complexity index is 2080. The molecular weight excluding hydrogens is 984 g/mol. The normalized spacial score (nSPS) is 38.5. The molecule has 0 bridgehead atoms. The number of amides is 1. The summed E-state index contributed by atoms with van der Waals surface area (Å²) in [4.78, 5) is 32.0. The summed E-state index contributed by atoms with van der Waals surface area (Å²) < 4.78 is 38.2. The number of cyclic esters (lactones) is 1. The molecular formula is C54H86Cl2N4O13. The Morgan fingerprint density at radius 1 is 0.918 bits per heavy atom. The molecule has 19 heteroatoms. The molecule has 3 heterocycles. The number of methoxy groups -OCH3 is 1. The average molecular weight is 1070 g/mol. The van der Waals surface area contributed by atoms with Crippen molar-refractivity contribution in [3.05, 3.63) is 58.1 Å². The number of ether oxygens (including phenoxy) is 6. The van der Waals surface area contributed by atoms with Crippen molar-refractivity contribution in [2.45, 2.75) is 198 Å². The number of hydrogen-bond acceptors (Lipinski definition) is 16. The van der Waals surface area contributed by atoms with E-state index in [0.29, 0.717) is 47.4 Å². The monoisotopic (exact) mass is 1070 g/mol. The van der Waals surface area contributed by atoms with Crippen molar-refractivity contribution in [2.24, 2.45) is 17.8 Å². The topological polar surface area (TPSA) is 221 Å². The van der Waals surface area contributed by atoms with E-state index in [4.69, 9.17) is 51.6 Å². The Kier molecular flexibility index (Phi) is 21.8. The lowest BCUT2D eigenvalue weighted by molar-refractivity contribution is -0.318. The van der Waals surface area contributed by atoms with E-state index in [1.807, 2.05) is 62.0 Å². The van der Waals surface area contributed by atoms with Gasteiger partial charge in [-0.25, -0.2) is 0 Å². The zero-order chi connectivity index (χ0) is 54.3. The molecule has 2 aromatic carbocycles. The second-order valence-corrected chi connectivity index (χ2v) is 22.8. The quantitative estimate of drug-likeness (QED) is 0.0795. The van der Waals surface area contributed by atoms with Crippen molar-refractivity contribution in [2.75, 3.05) is 46.2 Å². The molecule has 2 aromatic rings. The van der Waals surface area contributed by atoms with Gasteiger partial charge < -0.3 is 69.5 Å². The van der Waals surface area contributed by atoms with Crippen LogP contribution in [0.15, 0.2) is 42.5 Å². The summed E-state index contributed by atoms with van der Waals surface area (Å²) in [6.07, 6.45) is -8.71. The first-order valence-electron chi connectivity index (χ1n) is 26.0. The molecule has 17 nitrogen and oxygen atoms in total. The average Bonchev–Trinajstić information content (AvgIpc) is 3.32. The molecule has 3 aliphatic heterocycles. The van der Waals surface area contributed by atoms with Gasteiger partial charge >= 0.3 is 5.97 Å². The van der Waals surface area contributed by atoms with Gasteiger partial charge in [0.2, 0.25) is 5.91 Å². The second-order valence-electron chi connectivity index (χ2n) is 22.0. The van der Waals surface area contributed by atoms with Crippen molar-refractivity contribution in [1.82, 2.24) is 15.1 Å². The smallest absolute Gasteiger partial charge is 0.311 e. The predicted molar refractivity (Wildman–Crippen MR) is 281 cm³/mol. The Hall–Kier alpha value is -2.72. The Morgan fingerprint density at radius 3 is 2.21 bits per heavy atom. The summed E-state index contributed by atoms with van der Waals surface area (Å²) in [6, 6.07) is 11.6. The molecule has 0 saturated carbocycles. The maximum atomic E-state index is 14.6. The Morgan fingerprint density at radius 2 is 1.58 bits per heavy atom. The molecule has 7 N–H and O–H groups in total. The maximum Gasteiger partial charge on any atom is 0.311 e. The van der Waals surface area contributed by atoms with Crippen molar-refractivity contribution >= 4 is 46.5 Å². The molecule has 0 spiro atoms. The number of rotatable bonds is 15. The number of nitrogens with one attached hydrogen (secondary N) is 2. The molecule has 0 radical (unpaired) electrons. The summed E-state index contributed by atoms with van der Waals surface area (Å²) >= 11 is 12.9. The van der Waals surface area contributed by atoms with Gasteiger partial charge in [0.05, 0.1) is 63.7 Å². The van der Waals surface area contributed by atoms with Crippen LogP contribution in [0, 0.1) is 17.8 Å². The fourth-order valence-corrected chi connectivity index (χ4v) is 11.7. The summed E-state index contributed by atoms with van der Waals surface area (Å²) in [5.74, 6) is -3.16. The van der Waals surface area contributed by atoms with Crippen LogP contribution in [-0.4, -0.2) is 178 Å². The maximum absolute atomic E-state index is 14.6. The summed E-state index contributed by atoms with van der Waals surface area (Å²) in [5, 5.41) is 67.4. The van der Waals surface area contributed by atoms with Crippen LogP contribution >= 0.6 is 23.2 Å². The number of halogens is 2. The van der Waals surface area contributed by atoms with Gasteiger partial charge in [-0.05, 0) is 118 Å². The minimum atomic E-state index is -1.94. The van der Waals surface area contributed by atoms with Gasteiger partial charge in [-0.1, -0.05) is 68.2 Å². The van der Waals surface area contributed by atoms with Crippen LogP contribution in [0.4, 0.5) is 11.4 Å². The molecule has 3 fully saturated rings. The first kappa shape index (κ1) is 61.1. The number of benzene rings is 2. The third-order valence-corrected chi connectivity index (χ3v) is 16.2. The summed E-state index contributed by atoms with van der Waals surface area (Å²) in [5.41, 5.74) is -2.74. The number of esters is 1. The van der Waals surface area contributed by atoms with E-state index in [0.717, 1.165) is 5.56 Å². The van der Waals surface area contributed by atoms with Crippen molar-refractivity contribution in [1.29, 1.82) is 0 Å². The zero-order valence-corrected chi connectivity index (χ0v) is 46.7. The summed E-state index contributed by atoms with van der Waals surface area (Å²) in [6.45, 7) is 18.4. The predicted octanol–water partition coefficient (Wildman–Crippen LogP) is 6.07. The number of carbonyl (C=O) groups is 2. The van der Waals surface area contributed by atoms with Crippen molar-refractivity contribution in [3.63, 3.8) is 0 Å². The molecule has 0 aliphatic carbocycles. The molecule has 414 valence electrons. The van der Waals surface area contributed by atoms with Gasteiger partial charge in [0.1, 0.15) is 30.0 Å². The number of para-hydroxylation sites is 2. The Balaban J connectivity index is 1.45. The molecule has 1 amide bonds. The van der Waals surface area contributed by atoms with Crippen LogP contribution in [0.1, 0.15) is 107 Å². The number of hydrogen-bond donors (Lipinski definition) is 7. The number of nitrogens with zero attached hydrogens (tertiary/aromatic N) is 2. The number of carbonyl (C=O) groups excluding carboxylic acids is 2. The largest absolute Gasteiger partial charge is 0.459 e. The highest BCUT2D eigenvalue weighted by Gasteiger charge is 2.53. The van der Waals surface area contributed by atoms with Crippen LogP contribution in [0.2, 0.25) is 10.0 Å². The Labute approximate surface area is 443 Å². The van der Waals surface area contributed by atoms with Crippen molar-refractivity contribution < 1.29 is 63.5 Å². The van der Waals surface area contributed by atoms with Gasteiger partial charge in [-0.3, -0.25) is 14.5 Å². The zero-order valence-electron chi connectivity index (χ0n) is 45.2.